The second-order valence-electron chi connectivity index (χ2n) is 8.24. The molecule has 1 fully saturated rings. The van der Waals surface area contributed by atoms with E-state index < -0.39 is 0 Å². The third-order valence-corrected chi connectivity index (χ3v) is 5.46. The Kier molecular flexibility index (Phi) is 5.18. The molecule has 0 radical (unpaired) electrons. The number of nitrogens with two attached hydrogens (primary N) is 1. The minimum Gasteiger partial charge on any atom is -0.370 e. The van der Waals surface area contributed by atoms with Crippen molar-refractivity contribution in [2.75, 3.05) is 33.7 Å². The van der Waals surface area contributed by atoms with E-state index >= 15 is 0 Å². The highest BCUT2D eigenvalue weighted by Crippen LogP contribution is 2.41. The largest absolute Gasteiger partial charge is 0.370 e. The van der Waals surface area contributed by atoms with Crippen molar-refractivity contribution in [3.63, 3.8) is 0 Å². The normalized spacial score (nSPS) is 30.9. The quantitative estimate of drug-likeness (QED) is 0.866. The lowest BCUT2D eigenvalue weighted by molar-refractivity contribution is 0.113. The van der Waals surface area contributed by atoms with Crippen LogP contribution in [0.4, 0.5) is 0 Å². The summed E-state index contributed by atoms with van der Waals surface area (Å²) in [7, 11) is 4.24. The highest BCUT2D eigenvalue weighted by atomic mass is 15.3. The zero-order chi connectivity index (χ0) is 15.6. The summed E-state index contributed by atoms with van der Waals surface area (Å²) < 4.78 is 0. The minimum absolute atomic E-state index is 0.459. The van der Waals surface area contributed by atoms with Crippen molar-refractivity contribution < 1.29 is 0 Å². The van der Waals surface area contributed by atoms with E-state index in [1.807, 2.05) is 0 Å². The van der Waals surface area contributed by atoms with Gasteiger partial charge in [0.1, 0.15) is 0 Å². The summed E-state index contributed by atoms with van der Waals surface area (Å²) in [5.74, 6) is 2.42. The number of hydrogen-bond acceptors (Lipinski definition) is 4. The molecule has 2 rings (SSSR count). The Morgan fingerprint density at radius 2 is 1.81 bits per heavy atom. The van der Waals surface area contributed by atoms with Gasteiger partial charge in [0.15, 0.2) is 5.96 Å². The molecule has 2 aliphatic rings. The van der Waals surface area contributed by atoms with Gasteiger partial charge < -0.3 is 15.5 Å². The van der Waals surface area contributed by atoms with E-state index in [0.29, 0.717) is 11.5 Å². The van der Waals surface area contributed by atoms with Crippen molar-refractivity contribution in [3.05, 3.63) is 0 Å². The monoisotopic (exact) mass is 294 g/mol. The molecule has 4 nitrogen and oxygen atoms in total. The molecule has 21 heavy (non-hydrogen) atoms. The van der Waals surface area contributed by atoms with Crippen LogP contribution in [0, 0.1) is 17.3 Å². The molecule has 1 saturated carbocycles. The van der Waals surface area contributed by atoms with Crippen molar-refractivity contribution in [1.29, 1.82) is 0 Å². The molecule has 1 aliphatic carbocycles. The average molecular weight is 294 g/mol. The fourth-order valence-electron chi connectivity index (χ4n) is 3.91. The number of likely N-dealkylation sites (N-methyl/N-ethyl adjacent to an activating group) is 1. The van der Waals surface area contributed by atoms with Crippen molar-refractivity contribution >= 4 is 5.96 Å². The Balaban J connectivity index is 1.90. The molecule has 0 bridgehead atoms. The van der Waals surface area contributed by atoms with Crippen molar-refractivity contribution in [3.8, 4) is 0 Å². The fourth-order valence-corrected chi connectivity index (χ4v) is 3.91. The summed E-state index contributed by atoms with van der Waals surface area (Å²) in [5.41, 5.74) is 6.58. The van der Waals surface area contributed by atoms with Crippen LogP contribution in [0.2, 0.25) is 0 Å². The van der Waals surface area contributed by atoms with Gasteiger partial charge in [0.05, 0.1) is 12.6 Å². The van der Waals surface area contributed by atoms with Crippen molar-refractivity contribution in [2.24, 2.45) is 28.0 Å². The Bertz CT molecular complexity index is 361. The van der Waals surface area contributed by atoms with E-state index in [2.05, 4.69) is 49.7 Å². The van der Waals surface area contributed by atoms with E-state index in [1.54, 1.807) is 0 Å². The lowest BCUT2D eigenvalue weighted by Gasteiger charge is -2.41. The molecule has 1 heterocycles. The Morgan fingerprint density at radius 1 is 1.19 bits per heavy atom. The summed E-state index contributed by atoms with van der Waals surface area (Å²) in [6, 6.07) is 0.547. The zero-order valence-corrected chi connectivity index (χ0v) is 14.6. The van der Waals surface area contributed by atoms with Gasteiger partial charge in [0.2, 0.25) is 0 Å². The molecule has 0 aromatic heterocycles. The van der Waals surface area contributed by atoms with Crippen LogP contribution in [0.15, 0.2) is 4.99 Å². The van der Waals surface area contributed by atoms with Gasteiger partial charge in [0.25, 0.3) is 0 Å². The third kappa shape index (κ3) is 4.12. The molecule has 0 saturated heterocycles. The summed E-state index contributed by atoms with van der Waals surface area (Å²) >= 11 is 0. The zero-order valence-electron chi connectivity index (χ0n) is 14.6. The lowest BCUT2D eigenvalue weighted by atomic mass is 9.68. The van der Waals surface area contributed by atoms with Gasteiger partial charge in [-0.2, -0.15) is 0 Å². The molecular formula is C17H34N4. The highest BCUT2D eigenvalue weighted by Gasteiger charge is 2.37. The van der Waals surface area contributed by atoms with Gasteiger partial charge in [-0.3, -0.25) is 4.99 Å². The first-order valence-corrected chi connectivity index (χ1v) is 8.50. The number of rotatable bonds is 4. The van der Waals surface area contributed by atoms with E-state index in [9.17, 15) is 0 Å². The van der Waals surface area contributed by atoms with Crippen LogP contribution >= 0.6 is 0 Å². The van der Waals surface area contributed by atoms with E-state index in [4.69, 9.17) is 5.73 Å². The smallest absolute Gasteiger partial charge is 0.191 e. The molecule has 2 N–H and O–H groups in total. The van der Waals surface area contributed by atoms with Crippen molar-refractivity contribution in [2.45, 2.75) is 52.5 Å². The van der Waals surface area contributed by atoms with Gasteiger partial charge in [-0.25, -0.2) is 0 Å². The summed E-state index contributed by atoms with van der Waals surface area (Å²) in [6.07, 6.45) is 5.42. The number of guanidine groups is 1. The molecule has 0 aromatic rings. The van der Waals surface area contributed by atoms with Gasteiger partial charge in [-0.1, -0.05) is 20.8 Å². The number of aliphatic imine (C=N–C) groups is 1. The van der Waals surface area contributed by atoms with Gasteiger partial charge in [-0.15, -0.1) is 0 Å². The molecular weight excluding hydrogens is 260 g/mol. The van der Waals surface area contributed by atoms with Crippen LogP contribution < -0.4 is 5.73 Å². The third-order valence-electron chi connectivity index (χ3n) is 5.46. The first kappa shape index (κ1) is 16.6. The Hall–Kier alpha value is -0.770. The van der Waals surface area contributed by atoms with Crippen molar-refractivity contribution in [1.82, 2.24) is 9.80 Å². The topological polar surface area (TPSA) is 44.9 Å². The van der Waals surface area contributed by atoms with Gasteiger partial charge >= 0.3 is 0 Å². The maximum Gasteiger partial charge on any atom is 0.191 e. The lowest BCUT2D eigenvalue weighted by Crippen LogP contribution is -2.48. The molecule has 0 aromatic carbocycles. The molecule has 0 amide bonds. The molecule has 1 atom stereocenters. The molecule has 1 aliphatic heterocycles. The SMILES string of the molecule is CN(C)CCN1C(N)=NCC1C1CCC(C(C)(C)C)CC1. The molecule has 4 heteroatoms. The summed E-state index contributed by atoms with van der Waals surface area (Å²) in [5, 5.41) is 0. The van der Waals surface area contributed by atoms with Crippen LogP contribution in [0.25, 0.3) is 0 Å². The number of nitrogens with zero attached hydrogens (tertiary/aromatic N) is 3. The van der Waals surface area contributed by atoms with Crippen LogP contribution in [0.5, 0.6) is 0 Å². The average Bonchev–Trinajstić information content (AvgIpc) is 2.77. The first-order chi connectivity index (χ1) is 9.79. The summed E-state index contributed by atoms with van der Waals surface area (Å²) in [6.45, 7) is 10.1. The van der Waals surface area contributed by atoms with Crippen LogP contribution in [-0.2, 0) is 0 Å². The predicted octanol–water partition coefficient (Wildman–Crippen LogP) is 2.40. The van der Waals surface area contributed by atoms with Crippen LogP contribution in [0.3, 0.4) is 0 Å². The van der Waals surface area contributed by atoms with E-state index in [0.717, 1.165) is 37.4 Å². The van der Waals surface area contributed by atoms with E-state index in [1.165, 1.54) is 25.7 Å². The molecule has 1 unspecified atom stereocenters. The van der Waals surface area contributed by atoms with Gasteiger partial charge in [0, 0.05) is 13.1 Å². The fraction of sp³-hybridized carbons (Fsp3) is 0.941. The predicted molar refractivity (Wildman–Crippen MR) is 90.4 cm³/mol. The Morgan fingerprint density at radius 3 is 2.33 bits per heavy atom. The second-order valence-corrected chi connectivity index (χ2v) is 8.24. The number of hydrogen-bond donors (Lipinski definition) is 1. The second kappa shape index (κ2) is 6.55. The first-order valence-electron chi connectivity index (χ1n) is 8.50. The van der Waals surface area contributed by atoms with E-state index in [-0.39, 0.29) is 0 Å². The van der Waals surface area contributed by atoms with Crippen LogP contribution in [-0.4, -0.2) is 55.5 Å². The minimum atomic E-state index is 0.459. The Labute approximate surface area is 130 Å². The maximum absolute atomic E-state index is 6.12. The maximum atomic E-state index is 6.12. The standard InChI is InChI=1S/C17H34N4/c1-17(2,3)14-8-6-13(7-9-14)15-12-19-16(18)21(15)11-10-20(4)5/h13-15H,6-12H2,1-5H3,(H2,18,19). The van der Waals surface area contributed by atoms with Gasteiger partial charge in [-0.05, 0) is 57.0 Å². The summed E-state index contributed by atoms with van der Waals surface area (Å²) in [4.78, 5) is 9.11. The molecule has 122 valence electrons. The van der Waals surface area contributed by atoms with Crippen LogP contribution in [0.1, 0.15) is 46.5 Å². The molecule has 0 spiro atoms. The highest BCUT2D eigenvalue weighted by molar-refractivity contribution is 5.80.